The van der Waals surface area contributed by atoms with Crippen molar-refractivity contribution in [2.75, 3.05) is 6.54 Å². The monoisotopic (exact) mass is 366 g/mol. The number of benzene rings is 1. The number of nitrogens with two attached hydrogens (primary N) is 1. The molecule has 0 saturated heterocycles. The fourth-order valence-electron chi connectivity index (χ4n) is 1.80. The molecule has 0 aliphatic heterocycles. The first-order valence-electron chi connectivity index (χ1n) is 6.37. The Morgan fingerprint density at radius 3 is 2.70 bits per heavy atom. The second-order valence-electron chi connectivity index (χ2n) is 5.01. The van der Waals surface area contributed by atoms with E-state index in [-0.39, 0.29) is 24.1 Å². The minimum Gasteiger partial charge on any atom is -0.354 e. The Morgan fingerprint density at radius 1 is 1.45 bits per heavy atom. The second-order valence-corrected chi connectivity index (χ2v) is 5.93. The van der Waals surface area contributed by atoms with Crippen LogP contribution >= 0.6 is 28.3 Å². The highest BCUT2D eigenvalue weighted by atomic mass is 79.9. The Balaban J connectivity index is 0.00000361. The van der Waals surface area contributed by atoms with Gasteiger partial charge in [-0.05, 0) is 42.5 Å². The van der Waals surface area contributed by atoms with E-state index in [1.165, 1.54) is 6.07 Å². The average Bonchev–Trinajstić information content (AvgIpc) is 2.32. The van der Waals surface area contributed by atoms with Crippen molar-refractivity contribution in [3.8, 4) is 0 Å². The van der Waals surface area contributed by atoms with Crippen LogP contribution < -0.4 is 11.1 Å². The van der Waals surface area contributed by atoms with Crippen molar-refractivity contribution in [2.45, 2.75) is 32.7 Å². The van der Waals surface area contributed by atoms with Gasteiger partial charge < -0.3 is 11.1 Å². The van der Waals surface area contributed by atoms with Gasteiger partial charge in [0.2, 0.25) is 5.91 Å². The van der Waals surface area contributed by atoms with Crippen LogP contribution in [0.25, 0.3) is 0 Å². The van der Waals surface area contributed by atoms with Crippen LogP contribution in [0.2, 0.25) is 0 Å². The first-order valence-corrected chi connectivity index (χ1v) is 7.16. The highest BCUT2D eigenvalue weighted by Gasteiger charge is 2.14. The molecule has 1 rings (SSSR count). The lowest BCUT2D eigenvalue weighted by Crippen LogP contribution is -2.42. The zero-order valence-corrected chi connectivity index (χ0v) is 14.1. The maximum Gasteiger partial charge on any atom is 0.236 e. The number of carbonyl (C=O) groups is 1. The molecule has 0 spiro atoms. The third-order valence-corrected chi connectivity index (χ3v) is 3.26. The summed E-state index contributed by atoms with van der Waals surface area (Å²) >= 11 is 3.29. The normalized spacial score (nSPS) is 11.9. The quantitative estimate of drug-likeness (QED) is 0.812. The zero-order chi connectivity index (χ0) is 14.4. The molecule has 3 N–H and O–H groups in total. The van der Waals surface area contributed by atoms with Gasteiger partial charge in [0, 0.05) is 11.0 Å². The Bertz CT molecular complexity index is 443. The van der Waals surface area contributed by atoms with E-state index < -0.39 is 6.04 Å². The molecule has 0 saturated carbocycles. The van der Waals surface area contributed by atoms with E-state index in [1.54, 1.807) is 12.1 Å². The fraction of sp³-hybridized carbons (Fsp3) is 0.500. The van der Waals surface area contributed by atoms with Crippen LogP contribution in [0.5, 0.6) is 0 Å². The molecule has 1 aromatic rings. The molecule has 20 heavy (non-hydrogen) atoms. The number of carbonyl (C=O) groups excluding carboxylic acids is 1. The molecule has 0 heterocycles. The molecule has 114 valence electrons. The summed E-state index contributed by atoms with van der Waals surface area (Å²) in [7, 11) is 0. The van der Waals surface area contributed by atoms with Crippen LogP contribution in [0.4, 0.5) is 4.39 Å². The Labute approximate surface area is 134 Å². The molecule has 1 aromatic carbocycles. The third-order valence-electron chi connectivity index (χ3n) is 2.76. The molecule has 0 radical (unpaired) electrons. The SMILES string of the molecule is CC(C)C[C@H](N)C(=O)NCCc1cc(Br)ccc1F.Cl. The van der Waals surface area contributed by atoms with Crippen LogP contribution in [0, 0.1) is 11.7 Å². The number of hydrogen-bond donors (Lipinski definition) is 2. The van der Waals surface area contributed by atoms with Gasteiger partial charge in [-0.25, -0.2) is 4.39 Å². The smallest absolute Gasteiger partial charge is 0.236 e. The maximum atomic E-state index is 13.5. The van der Waals surface area contributed by atoms with E-state index in [2.05, 4.69) is 21.2 Å². The number of rotatable bonds is 6. The zero-order valence-electron chi connectivity index (χ0n) is 11.7. The van der Waals surface area contributed by atoms with Gasteiger partial charge in [0.1, 0.15) is 5.82 Å². The predicted octanol–water partition coefficient (Wildman–Crippen LogP) is 3.04. The molecule has 1 atom stereocenters. The van der Waals surface area contributed by atoms with Crippen molar-refractivity contribution in [3.05, 3.63) is 34.1 Å². The molecule has 3 nitrogen and oxygen atoms in total. The summed E-state index contributed by atoms with van der Waals surface area (Å²) in [5.41, 5.74) is 6.33. The van der Waals surface area contributed by atoms with Gasteiger partial charge in [-0.2, -0.15) is 0 Å². The van der Waals surface area contributed by atoms with Gasteiger partial charge >= 0.3 is 0 Å². The molecule has 0 aliphatic rings. The van der Waals surface area contributed by atoms with Gasteiger partial charge in [-0.1, -0.05) is 29.8 Å². The van der Waals surface area contributed by atoms with Crippen LogP contribution in [0.1, 0.15) is 25.8 Å². The molecular weight excluding hydrogens is 347 g/mol. The van der Waals surface area contributed by atoms with E-state index in [4.69, 9.17) is 5.73 Å². The number of amides is 1. The van der Waals surface area contributed by atoms with E-state index in [1.807, 2.05) is 13.8 Å². The number of halogens is 3. The second kappa shape index (κ2) is 9.32. The molecule has 6 heteroatoms. The number of nitrogens with one attached hydrogen (secondary N) is 1. The highest BCUT2D eigenvalue weighted by molar-refractivity contribution is 9.10. The van der Waals surface area contributed by atoms with Crippen LogP contribution in [-0.4, -0.2) is 18.5 Å². The van der Waals surface area contributed by atoms with E-state index in [0.717, 1.165) is 4.47 Å². The van der Waals surface area contributed by atoms with E-state index >= 15 is 0 Å². The predicted molar refractivity (Wildman–Crippen MR) is 85.5 cm³/mol. The summed E-state index contributed by atoms with van der Waals surface area (Å²) in [6.45, 7) is 4.42. The number of hydrogen-bond acceptors (Lipinski definition) is 2. The van der Waals surface area contributed by atoms with Gasteiger partial charge in [0.25, 0.3) is 0 Å². The van der Waals surface area contributed by atoms with Crippen molar-refractivity contribution in [1.82, 2.24) is 5.32 Å². The standard InChI is InChI=1S/C14H20BrFN2O.ClH/c1-9(2)7-13(17)14(19)18-6-5-10-8-11(15)3-4-12(10)16;/h3-4,8-9,13H,5-7,17H2,1-2H3,(H,18,19);1H/t13-;/m0./s1. The van der Waals surface area contributed by atoms with Gasteiger partial charge in [0.15, 0.2) is 0 Å². The van der Waals surface area contributed by atoms with E-state index in [9.17, 15) is 9.18 Å². The molecule has 0 unspecified atom stereocenters. The molecule has 0 aromatic heterocycles. The summed E-state index contributed by atoms with van der Waals surface area (Å²) in [6, 6.07) is 4.28. The topological polar surface area (TPSA) is 55.1 Å². The lowest BCUT2D eigenvalue weighted by molar-refractivity contribution is -0.122. The minimum atomic E-state index is -0.493. The highest BCUT2D eigenvalue weighted by Crippen LogP contribution is 2.15. The summed E-state index contributed by atoms with van der Waals surface area (Å²) in [4.78, 5) is 11.7. The van der Waals surface area contributed by atoms with Crippen molar-refractivity contribution < 1.29 is 9.18 Å². The largest absolute Gasteiger partial charge is 0.354 e. The van der Waals surface area contributed by atoms with Crippen LogP contribution in [0.3, 0.4) is 0 Å². The van der Waals surface area contributed by atoms with Crippen LogP contribution in [0.15, 0.2) is 22.7 Å². The van der Waals surface area contributed by atoms with Gasteiger partial charge in [-0.3, -0.25) is 4.79 Å². The lowest BCUT2D eigenvalue weighted by atomic mass is 10.0. The summed E-state index contributed by atoms with van der Waals surface area (Å²) < 4.78 is 14.3. The van der Waals surface area contributed by atoms with E-state index in [0.29, 0.717) is 30.9 Å². The van der Waals surface area contributed by atoms with Crippen molar-refractivity contribution in [3.63, 3.8) is 0 Å². The fourth-order valence-corrected chi connectivity index (χ4v) is 2.21. The molecule has 1 amide bonds. The van der Waals surface area contributed by atoms with Crippen molar-refractivity contribution in [1.29, 1.82) is 0 Å². The Hall–Kier alpha value is -0.650. The molecular formula is C14H21BrClFN2O. The third kappa shape index (κ3) is 6.68. The van der Waals surface area contributed by atoms with Crippen molar-refractivity contribution >= 4 is 34.2 Å². The molecule has 0 aliphatic carbocycles. The first kappa shape index (κ1) is 19.4. The summed E-state index contributed by atoms with van der Waals surface area (Å²) in [5, 5.41) is 2.74. The summed E-state index contributed by atoms with van der Waals surface area (Å²) in [5.74, 6) is -0.0590. The summed E-state index contributed by atoms with van der Waals surface area (Å²) in [6.07, 6.45) is 1.10. The Morgan fingerprint density at radius 2 is 2.10 bits per heavy atom. The Kier molecular flexibility index (Phi) is 9.01. The minimum absolute atomic E-state index is 0. The van der Waals surface area contributed by atoms with Gasteiger partial charge in [-0.15, -0.1) is 12.4 Å². The average molecular weight is 368 g/mol. The van der Waals surface area contributed by atoms with Gasteiger partial charge in [0.05, 0.1) is 6.04 Å². The lowest BCUT2D eigenvalue weighted by Gasteiger charge is -2.14. The maximum absolute atomic E-state index is 13.5. The van der Waals surface area contributed by atoms with Crippen molar-refractivity contribution in [2.24, 2.45) is 11.7 Å². The molecule has 0 bridgehead atoms. The molecule has 0 fully saturated rings. The van der Waals surface area contributed by atoms with Crippen LogP contribution in [-0.2, 0) is 11.2 Å². The first-order chi connectivity index (χ1) is 8.90.